The predicted octanol–water partition coefficient (Wildman–Crippen LogP) is 1.14. The average Bonchev–Trinajstić information content (AvgIpc) is 2.43. The first kappa shape index (κ1) is 20.0. The van der Waals surface area contributed by atoms with Gasteiger partial charge in [0.2, 0.25) is 5.91 Å². The van der Waals surface area contributed by atoms with E-state index in [0.717, 1.165) is 25.9 Å². The van der Waals surface area contributed by atoms with Crippen molar-refractivity contribution in [1.29, 1.82) is 0 Å². The van der Waals surface area contributed by atoms with Crippen LogP contribution in [0.15, 0.2) is 0 Å². The van der Waals surface area contributed by atoms with Crippen molar-refractivity contribution in [2.75, 3.05) is 47.3 Å². The first-order chi connectivity index (χ1) is 11.5. The van der Waals surface area contributed by atoms with Gasteiger partial charge in [-0.05, 0) is 74.3 Å². The molecule has 0 saturated carbocycles. The molecular formula is C18H34N4O3. The second kappa shape index (κ2) is 7.50. The number of nitrogens with zero attached hydrogens (tertiary/aromatic N) is 3. The minimum atomic E-state index is -0.545. The maximum Gasteiger partial charge on any atom is 0.410 e. The average molecular weight is 354 g/mol. The van der Waals surface area contributed by atoms with E-state index < -0.39 is 17.7 Å². The Morgan fingerprint density at radius 3 is 2.24 bits per heavy atom. The fourth-order valence-electron chi connectivity index (χ4n) is 3.39. The third kappa shape index (κ3) is 4.85. The zero-order valence-corrected chi connectivity index (χ0v) is 16.6. The molecule has 0 aliphatic carbocycles. The van der Waals surface area contributed by atoms with E-state index in [9.17, 15) is 9.59 Å². The number of amides is 2. The van der Waals surface area contributed by atoms with Crippen LogP contribution in [0.1, 0.15) is 40.0 Å². The summed E-state index contributed by atoms with van der Waals surface area (Å²) in [7, 11) is 6.28. The Morgan fingerprint density at radius 2 is 1.80 bits per heavy atom. The molecule has 2 heterocycles. The highest BCUT2D eigenvalue weighted by Crippen LogP contribution is 2.27. The molecule has 0 bridgehead atoms. The third-order valence-electron chi connectivity index (χ3n) is 5.41. The Hall–Kier alpha value is -1.34. The van der Waals surface area contributed by atoms with Gasteiger partial charge >= 0.3 is 6.09 Å². The van der Waals surface area contributed by atoms with Crippen molar-refractivity contribution in [1.82, 2.24) is 20.0 Å². The summed E-state index contributed by atoms with van der Waals surface area (Å²) in [6, 6.07) is -0.402. The van der Waals surface area contributed by atoms with Crippen molar-refractivity contribution < 1.29 is 14.3 Å². The molecule has 0 aromatic rings. The van der Waals surface area contributed by atoms with Gasteiger partial charge in [0.1, 0.15) is 11.6 Å². The van der Waals surface area contributed by atoms with Gasteiger partial charge in [-0.1, -0.05) is 0 Å². The fourth-order valence-corrected chi connectivity index (χ4v) is 3.39. The summed E-state index contributed by atoms with van der Waals surface area (Å²) in [5, 5.41) is 3.09. The molecule has 1 N–H and O–H groups in total. The lowest BCUT2D eigenvalue weighted by atomic mass is 9.86. The lowest BCUT2D eigenvalue weighted by Gasteiger charge is -2.46. The van der Waals surface area contributed by atoms with E-state index in [1.54, 1.807) is 0 Å². The molecule has 2 aliphatic heterocycles. The molecule has 7 nitrogen and oxygen atoms in total. The van der Waals surface area contributed by atoms with Crippen LogP contribution in [0, 0.1) is 0 Å². The third-order valence-corrected chi connectivity index (χ3v) is 5.41. The second-order valence-corrected chi connectivity index (χ2v) is 8.62. The molecule has 2 fully saturated rings. The van der Waals surface area contributed by atoms with E-state index in [1.807, 2.05) is 20.8 Å². The van der Waals surface area contributed by atoms with Gasteiger partial charge in [-0.25, -0.2) is 4.79 Å². The van der Waals surface area contributed by atoms with Gasteiger partial charge in [0.05, 0.1) is 0 Å². The number of ether oxygens (including phenoxy) is 1. The van der Waals surface area contributed by atoms with E-state index in [-0.39, 0.29) is 11.4 Å². The monoisotopic (exact) mass is 354 g/mol. The minimum absolute atomic E-state index is 0.0112. The lowest BCUT2D eigenvalue weighted by Crippen LogP contribution is -2.62. The molecule has 0 aromatic heterocycles. The van der Waals surface area contributed by atoms with E-state index in [2.05, 4.69) is 36.3 Å². The summed E-state index contributed by atoms with van der Waals surface area (Å²) >= 11 is 0. The van der Waals surface area contributed by atoms with Gasteiger partial charge in [-0.15, -0.1) is 0 Å². The maximum absolute atomic E-state index is 12.6. The molecule has 144 valence electrons. The molecule has 1 atom stereocenters. The van der Waals surface area contributed by atoms with Crippen LogP contribution in [-0.2, 0) is 9.53 Å². The normalized spacial score (nSPS) is 24.0. The Balaban J connectivity index is 1.90. The zero-order chi connectivity index (χ0) is 18.8. The summed E-state index contributed by atoms with van der Waals surface area (Å²) in [4.78, 5) is 30.8. The summed E-state index contributed by atoms with van der Waals surface area (Å²) in [5.41, 5.74) is -0.556. The molecule has 2 rings (SSSR count). The number of carbonyl (C=O) groups excluding carboxylic acids is 2. The van der Waals surface area contributed by atoms with Gasteiger partial charge < -0.3 is 19.9 Å². The molecule has 7 heteroatoms. The van der Waals surface area contributed by atoms with Crippen molar-refractivity contribution in [2.24, 2.45) is 0 Å². The summed E-state index contributed by atoms with van der Waals surface area (Å²) < 4.78 is 5.38. The van der Waals surface area contributed by atoms with Crippen LogP contribution in [0.5, 0.6) is 0 Å². The highest BCUT2D eigenvalue weighted by molar-refractivity contribution is 5.87. The van der Waals surface area contributed by atoms with E-state index in [4.69, 9.17) is 4.74 Å². The number of hydrogen-bond acceptors (Lipinski definition) is 5. The van der Waals surface area contributed by atoms with E-state index >= 15 is 0 Å². The quantitative estimate of drug-likeness (QED) is 0.820. The van der Waals surface area contributed by atoms with Gasteiger partial charge in [-0.2, -0.15) is 0 Å². The van der Waals surface area contributed by atoms with Crippen LogP contribution in [0.3, 0.4) is 0 Å². The largest absolute Gasteiger partial charge is 0.444 e. The molecule has 25 heavy (non-hydrogen) atoms. The molecule has 2 amide bonds. The van der Waals surface area contributed by atoms with E-state index in [0.29, 0.717) is 19.5 Å². The standard InChI is InChI=1S/C18H34N4O3/c1-17(2,3)25-16(24)22-10-7-14(22)15(23)19-13-18(20(4)5)8-11-21(6)12-9-18/h14H,7-13H2,1-6H3,(H,19,23)/t14-/m0/s1. The Kier molecular flexibility index (Phi) is 5.99. The molecule has 2 aliphatic rings. The van der Waals surface area contributed by atoms with Crippen molar-refractivity contribution >= 4 is 12.0 Å². The Bertz CT molecular complexity index is 493. The summed E-state index contributed by atoms with van der Waals surface area (Å²) in [6.07, 6.45) is 2.34. The number of rotatable bonds is 4. The smallest absolute Gasteiger partial charge is 0.410 e. The molecule has 0 unspecified atom stereocenters. The van der Waals surface area contributed by atoms with Crippen molar-refractivity contribution in [3.8, 4) is 0 Å². The summed E-state index contributed by atoms with van der Waals surface area (Å²) in [6.45, 7) is 8.76. The van der Waals surface area contributed by atoms with Crippen LogP contribution in [-0.4, -0.2) is 91.2 Å². The number of likely N-dealkylation sites (tertiary alicyclic amines) is 2. The van der Waals surface area contributed by atoms with Gasteiger partial charge in [0.15, 0.2) is 0 Å². The van der Waals surface area contributed by atoms with Crippen LogP contribution in [0.25, 0.3) is 0 Å². The van der Waals surface area contributed by atoms with Crippen molar-refractivity contribution in [3.05, 3.63) is 0 Å². The molecule has 0 radical (unpaired) electrons. The Morgan fingerprint density at radius 1 is 1.20 bits per heavy atom. The number of nitrogens with one attached hydrogen (secondary N) is 1. The van der Waals surface area contributed by atoms with Crippen LogP contribution in [0.2, 0.25) is 0 Å². The number of carbonyl (C=O) groups is 2. The first-order valence-electron chi connectivity index (χ1n) is 9.17. The molecule has 2 saturated heterocycles. The maximum atomic E-state index is 12.6. The fraction of sp³-hybridized carbons (Fsp3) is 0.889. The molecular weight excluding hydrogens is 320 g/mol. The molecule has 0 aromatic carbocycles. The Labute approximate surface area is 151 Å². The lowest BCUT2D eigenvalue weighted by molar-refractivity contribution is -0.131. The zero-order valence-electron chi connectivity index (χ0n) is 16.6. The minimum Gasteiger partial charge on any atom is -0.444 e. The SMILES string of the molecule is CN1CCC(CNC(=O)[C@@H]2CCN2C(=O)OC(C)(C)C)(N(C)C)CC1. The molecule has 0 spiro atoms. The highest BCUT2D eigenvalue weighted by Gasteiger charge is 2.41. The van der Waals surface area contributed by atoms with Gasteiger partial charge in [0, 0.05) is 18.6 Å². The number of likely N-dealkylation sites (N-methyl/N-ethyl adjacent to an activating group) is 1. The number of piperidine rings is 1. The van der Waals surface area contributed by atoms with Crippen molar-refractivity contribution in [3.63, 3.8) is 0 Å². The van der Waals surface area contributed by atoms with Crippen LogP contribution >= 0.6 is 0 Å². The highest BCUT2D eigenvalue weighted by atomic mass is 16.6. The van der Waals surface area contributed by atoms with Crippen molar-refractivity contribution in [2.45, 2.75) is 57.2 Å². The first-order valence-corrected chi connectivity index (χ1v) is 9.17. The van der Waals surface area contributed by atoms with Gasteiger partial charge in [0.25, 0.3) is 0 Å². The topological polar surface area (TPSA) is 65.1 Å². The van der Waals surface area contributed by atoms with Crippen LogP contribution < -0.4 is 5.32 Å². The second-order valence-electron chi connectivity index (χ2n) is 8.62. The summed E-state index contributed by atoms with van der Waals surface area (Å²) in [5.74, 6) is -0.0720. The number of hydrogen-bond donors (Lipinski definition) is 1. The van der Waals surface area contributed by atoms with E-state index in [1.165, 1.54) is 4.90 Å². The van der Waals surface area contributed by atoms with Gasteiger partial charge in [-0.3, -0.25) is 9.69 Å². The van der Waals surface area contributed by atoms with Crippen LogP contribution in [0.4, 0.5) is 4.79 Å². The predicted molar refractivity (Wildman–Crippen MR) is 97.5 cm³/mol.